The van der Waals surface area contributed by atoms with Crippen LogP contribution >= 0.6 is 0 Å². The lowest BCUT2D eigenvalue weighted by molar-refractivity contribution is -0.144. The molecule has 10 heteroatoms. The third kappa shape index (κ3) is 6.98. The topological polar surface area (TPSA) is 122 Å². The summed E-state index contributed by atoms with van der Waals surface area (Å²) in [5.41, 5.74) is -2.27. The minimum absolute atomic E-state index is 0.0907. The number of nitrogens with zero attached hydrogens (tertiary/aromatic N) is 1. The fourth-order valence-electron chi connectivity index (χ4n) is 6.44. The van der Waals surface area contributed by atoms with Gasteiger partial charge in [-0.15, -0.1) is 0 Å². The quantitative estimate of drug-likeness (QED) is 0.421. The van der Waals surface area contributed by atoms with Crippen molar-refractivity contribution in [1.29, 1.82) is 0 Å². The number of nitrogens with one attached hydrogen (secondary N) is 2. The molecule has 1 heterocycles. The van der Waals surface area contributed by atoms with Crippen molar-refractivity contribution < 1.29 is 33.1 Å². The van der Waals surface area contributed by atoms with Crippen LogP contribution in [0.3, 0.4) is 0 Å². The van der Waals surface area contributed by atoms with Gasteiger partial charge in [-0.3, -0.25) is 19.2 Å². The monoisotopic (exact) mass is 551 g/mol. The molecule has 4 unspecified atom stereocenters. The van der Waals surface area contributed by atoms with Crippen molar-refractivity contribution in [3.63, 3.8) is 0 Å². The average molecular weight is 552 g/mol. The van der Waals surface area contributed by atoms with Gasteiger partial charge in [0, 0.05) is 13.5 Å². The summed E-state index contributed by atoms with van der Waals surface area (Å²) in [5.74, 6) is -2.49. The Morgan fingerprint density at radius 1 is 1.05 bits per heavy atom. The van der Waals surface area contributed by atoms with Crippen molar-refractivity contribution in [2.75, 3.05) is 6.54 Å². The Labute approximate surface area is 231 Å². The summed E-state index contributed by atoms with van der Waals surface area (Å²) in [7, 11) is 0. The fourth-order valence-corrected chi connectivity index (χ4v) is 6.44. The highest BCUT2D eigenvalue weighted by Gasteiger charge is 2.69. The van der Waals surface area contributed by atoms with Crippen LogP contribution in [0.4, 0.5) is 9.18 Å². The van der Waals surface area contributed by atoms with Gasteiger partial charge >= 0.3 is 6.09 Å². The van der Waals surface area contributed by atoms with E-state index < -0.39 is 58.9 Å². The van der Waals surface area contributed by atoms with Crippen molar-refractivity contribution in [3.8, 4) is 0 Å². The number of alkyl halides is 1. The summed E-state index contributed by atoms with van der Waals surface area (Å²) < 4.78 is 20.0. The summed E-state index contributed by atoms with van der Waals surface area (Å²) in [5, 5.41) is 5.50. The zero-order valence-corrected chi connectivity index (χ0v) is 24.7. The van der Waals surface area contributed by atoms with E-state index in [1.165, 1.54) is 11.8 Å². The van der Waals surface area contributed by atoms with Crippen molar-refractivity contribution in [3.05, 3.63) is 0 Å². The van der Waals surface area contributed by atoms with Crippen LogP contribution in [-0.4, -0.2) is 70.3 Å². The molecule has 0 radical (unpaired) electrons. The number of alkyl carbamates (subject to hydrolysis) is 1. The Bertz CT molecular complexity index is 993. The predicted octanol–water partition coefficient (Wildman–Crippen LogP) is 3.72. The van der Waals surface area contributed by atoms with Crippen LogP contribution < -0.4 is 10.6 Å². The second kappa shape index (κ2) is 11.2. The summed E-state index contributed by atoms with van der Waals surface area (Å²) in [6.45, 7) is 14.2. The normalized spacial score (nSPS) is 30.9. The van der Waals surface area contributed by atoms with Gasteiger partial charge in [0.05, 0.1) is 6.04 Å². The predicted molar refractivity (Wildman–Crippen MR) is 143 cm³/mol. The highest BCUT2D eigenvalue weighted by atomic mass is 19.1. The van der Waals surface area contributed by atoms with Gasteiger partial charge in [0.2, 0.25) is 17.6 Å². The van der Waals surface area contributed by atoms with Crippen LogP contribution in [0.2, 0.25) is 0 Å². The Hall–Kier alpha value is -2.52. The maximum atomic E-state index is 14.6. The minimum Gasteiger partial charge on any atom is -0.444 e. The van der Waals surface area contributed by atoms with E-state index in [1.807, 2.05) is 20.8 Å². The van der Waals surface area contributed by atoms with Crippen molar-refractivity contribution >= 4 is 29.5 Å². The van der Waals surface area contributed by atoms with Gasteiger partial charge in [-0.25, -0.2) is 9.18 Å². The molecule has 5 atom stereocenters. The second-order valence-corrected chi connectivity index (χ2v) is 13.5. The lowest BCUT2D eigenvalue weighted by Crippen LogP contribution is -2.59. The van der Waals surface area contributed by atoms with Crippen LogP contribution in [0.15, 0.2) is 0 Å². The van der Waals surface area contributed by atoms with Crippen LogP contribution in [0.25, 0.3) is 0 Å². The van der Waals surface area contributed by atoms with Crippen molar-refractivity contribution in [2.45, 2.75) is 123 Å². The molecule has 2 aliphatic carbocycles. The molecule has 2 N–H and O–H groups in total. The van der Waals surface area contributed by atoms with Gasteiger partial charge in [0.25, 0.3) is 0 Å². The number of likely N-dealkylation sites (tertiary alicyclic amines) is 1. The molecule has 0 aromatic heterocycles. The number of ether oxygens (including phenoxy) is 1. The van der Waals surface area contributed by atoms with E-state index in [9.17, 15) is 28.4 Å². The molecular weight excluding hydrogens is 505 g/mol. The minimum atomic E-state index is -1.32. The van der Waals surface area contributed by atoms with Crippen LogP contribution in [0.5, 0.6) is 0 Å². The first-order valence-corrected chi connectivity index (χ1v) is 14.2. The zero-order chi connectivity index (χ0) is 29.5. The van der Waals surface area contributed by atoms with E-state index in [0.29, 0.717) is 32.2 Å². The van der Waals surface area contributed by atoms with E-state index in [-0.39, 0.29) is 36.0 Å². The molecule has 9 nitrogen and oxygen atoms in total. The summed E-state index contributed by atoms with van der Waals surface area (Å²) in [6, 6.07) is -2.76. The molecule has 3 aliphatic rings. The summed E-state index contributed by atoms with van der Waals surface area (Å²) >= 11 is 0. The van der Waals surface area contributed by atoms with Gasteiger partial charge in [0.15, 0.2) is 5.78 Å². The standard InChI is InChI=1S/C29H46FN3O6/c1-9-10-19(23(35)16(2)34)31-24(36)22-20-18(28(20,6)7)15-33(22)25(37)21(32-26(38)39-27(3,4)5)17-11-13-29(8,30)14-12-17/h17-22H,9-15H2,1-8H3,(H,31,36)(H,32,38)/t17?,18-,19?,20?,21?,22?,29?/m0/s1. The number of piperidine rings is 1. The molecule has 220 valence electrons. The van der Waals surface area contributed by atoms with E-state index in [2.05, 4.69) is 10.6 Å². The Morgan fingerprint density at radius 2 is 1.64 bits per heavy atom. The molecule has 0 aromatic carbocycles. The number of ketones is 2. The first-order chi connectivity index (χ1) is 17.9. The number of hydrogen-bond donors (Lipinski definition) is 2. The number of Topliss-reactive ketones (excluding diaryl/α,β-unsaturated/α-hetero) is 2. The van der Waals surface area contributed by atoms with Crippen molar-refractivity contribution in [1.82, 2.24) is 15.5 Å². The fraction of sp³-hybridized carbons (Fsp3) is 0.828. The van der Waals surface area contributed by atoms with E-state index >= 15 is 0 Å². The van der Waals surface area contributed by atoms with Crippen LogP contribution in [0, 0.1) is 23.2 Å². The van der Waals surface area contributed by atoms with Crippen LogP contribution in [-0.2, 0) is 23.9 Å². The highest BCUT2D eigenvalue weighted by Crippen LogP contribution is 2.65. The molecule has 0 spiro atoms. The van der Waals surface area contributed by atoms with Gasteiger partial charge in [-0.2, -0.15) is 0 Å². The average Bonchev–Trinajstić information content (AvgIpc) is 3.14. The highest BCUT2D eigenvalue weighted by molar-refractivity contribution is 6.38. The molecule has 1 aliphatic heterocycles. The SMILES string of the molecule is CCCC(NC(=O)C1C2[C@H](CN1C(=O)C(NC(=O)OC(C)(C)C)C1CCC(C)(F)CC1)C2(C)C)C(=O)C(C)=O. The molecule has 3 amide bonds. The molecule has 0 aromatic rings. The zero-order valence-electron chi connectivity index (χ0n) is 24.7. The summed E-state index contributed by atoms with van der Waals surface area (Å²) in [4.78, 5) is 66.3. The molecule has 1 saturated heterocycles. The Balaban J connectivity index is 1.87. The number of hydrogen-bond acceptors (Lipinski definition) is 6. The number of halogens is 1. The lowest BCUT2D eigenvalue weighted by atomic mass is 9.77. The number of carbonyl (C=O) groups is 5. The van der Waals surface area contributed by atoms with E-state index in [1.54, 1.807) is 27.7 Å². The molecule has 39 heavy (non-hydrogen) atoms. The third-order valence-corrected chi connectivity index (χ3v) is 8.80. The number of rotatable bonds is 9. The number of carbonyl (C=O) groups excluding carboxylic acids is 5. The maximum Gasteiger partial charge on any atom is 0.408 e. The molecule has 0 bridgehead atoms. The number of fused-ring (bicyclic) bond motifs is 1. The molecular formula is C29H46FN3O6. The maximum absolute atomic E-state index is 14.6. The van der Waals surface area contributed by atoms with Crippen molar-refractivity contribution in [2.24, 2.45) is 23.2 Å². The summed E-state index contributed by atoms with van der Waals surface area (Å²) in [6.07, 6.45) is 1.52. The third-order valence-electron chi connectivity index (χ3n) is 8.80. The Morgan fingerprint density at radius 3 is 2.15 bits per heavy atom. The molecule has 3 fully saturated rings. The molecule has 2 saturated carbocycles. The van der Waals surface area contributed by atoms with Gasteiger partial charge in [-0.05, 0) is 83.0 Å². The van der Waals surface area contributed by atoms with Crippen LogP contribution in [0.1, 0.15) is 93.9 Å². The molecule has 3 rings (SSSR count). The second-order valence-electron chi connectivity index (χ2n) is 13.5. The first-order valence-electron chi connectivity index (χ1n) is 14.2. The van der Waals surface area contributed by atoms with Gasteiger partial charge < -0.3 is 20.3 Å². The van der Waals surface area contributed by atoms with E-state index in [0.717, 1.165) is 0 Å². The largest absolute Gasteiger partial charge is 0.444 e. The number of amides is 3. The smallest absolute Gasteiger partial charge is 0.408 e. The van der Waals surface area contributed by atoms with E-state index in [4.69, 9.17) is 4.74 Å². The van der Waals surface area contributed by atoms with Gasteiger partial charge in [0.1, 0.15) is 23.4 Å². The Kier molecular flexibility index (Phi) is 8.87. The van der Waals surface area contributed by atoms with Gasteiger partial charge in [-0.1, -0.05) is 27.2 Å². The lowest BCUT2D eigenvalue weighted by Gasteiger charge is -2.39. The first kappa shape index (κ1) is 31.0.